The van der Waals surface area contributed by atoms with Crippen molar-refractivity contribution in [3.8, 4) is 0 Å². The van der Waals surface area contributed by atoms with Crippen LogP contribution in [0.5, 0.6) is 0 Å². The van der Waals surface area contributed by atoms with Gasteiger partial charge in [0.05, 0.1) is 5.92 Å². The van der Waals surface area contributed by atoms with Gasteiger partial charge in [-0.25, -0.2) is 4.39 Å². The zero-order valence-electron chi connectivity index (χ0n) is 11.3. The van der Waals surface area contributed by atoms with E-state index in [1.807, 2.05) is 0 Å². The number of hydrogen-bond acceptors (Lipinski definition) is 2. The maximum atomic E-state index is 13.9. The molecule has 1 fully saturated rings. The molecule has 6 heteroatoms. The highest BCUT2D eigenvalue weighted by atomic mass is 19.4. The van der Waals surface area contributed by atoms with Crippen LogP contribution >= 0.6 is 0 Å². The zero-order valence-corrected chi connectivity index (χ0v) is 11.3. The molecule has 1 aromatic carbocycles. The number of benzene rings is 1. The fourth-order valence-electron chi connectivity index (χ4n) is 2.72. The third kappa shape index (κ3) is 3.06. The molecule has 112 valence electrons. The summed E-state index contributed by atoms with van der Waals surface area (Å²) < 4.78 is 52.4. The van der Waals surface area contributed by atoms with Crippen LogP contribution in [0.2, 0.25) is 0 Å². The molecule has 2 unspecified atom stereocenters. The third-order valence-corrected chi connectivity index (χ3v) is 3.71. The fraction of sp³-hybridized carbons (Fsp3) is 0.571. The molecule has 2 rings (SSSR count). The number of piperidine rings is 1. The van der Waals surface area contributed by atoms with Crippen LogP contribution in [-0.4, -0.2) is 19.3 Å². The van der Waals surface area contributed by atoms with E-state index in [0.29, 0.717) is 18.7 Å². The minimum atomic E-state index is -4.21. The predicted octanol–water partition coefficient (Wildman–Crippen LogP) is 3.62. The molecule has 2 N–H and O–H groups in total. The number of hydrogen-bond donors (Lipinski definition) is 1. The Bertz CT molecular complexity index is 471. The van der Waals surface area contributed by atoms with Crippen LogP contribution in [0.1, 0.15) is 31.4 Å². The number of rotatable bonds is 2. The van der Waals surface area contributed by atoms with Crippen LogP contribution in [0.4, 0.5) is 23.2 Å². The first-order valence-electron chi connectivity index (χ1n) is 6.66. The van der Waals surface area contributed by atoms with Crippen LogP contribution in [-0.2, 0) is 0 Å². The van der Waals surface area contributed by atoms with Crippen molar-refractivity contribution in [1.29, 1.82) is 0 Å². The van der Waals surface area contributed by atoms with Gasteiger partial charge in [0.1, 0.15) is 5.82 Å². The highest BCUT2D eigenvalue weighted by Gasteiger charge is 2.42. The summed E-state index contributed by atoms with van der Waals surface area (Å²) in [7, 11) is 0. The number of anilines is 1. The minimum absolute atomic E-state index is 0.128. The summed E-state index contributed by atoms with van der Waals surface area (Å²) >= 11 is 0. The van der Waals surface area contributed by atoms with Gasteiger partial charge in [-0.2, -0.15) is 13.2 Å². The lowest BCUT2D eigenvalue weighted by Gasteiger charge is -2.36. The predicted molar refractivity (Wildman–Crippen MR) is 70.0 cm³/mol. The summed E-state index contributed by atoms with van der Waals surface area (Å²) in [5, 5.41) is 0. The Morgan fingerprint density at radius 1 is 1.35 bits per heavy atom. The van der Waals surface area contributed by atoms with Gasteiger partial charge in [0.15, 0.2) is 0 Å². The second kappa shape index (κ2) is 5.60. The Balaban J connectivity index is 2.30. The molecule has 0 spiro atoms. The van der Waals surface area contributed by atoms with Gasteiger partial charge >= 0.3 is 6.18 Å². The first kappa shape index (κ1) is 15.1. The molecule has 1 aliphatic heterocycles. The van der Waals surface area contributed by atoms with Gasteiger partial charge in [-0.15, -0.1) is 0 Å². The Morgan fingerprint density at radius 2 is 2.05 bits per heavy atom. The van der Waals surface area contributed by atoms with E-state index in [-0.39, 0.29) is 18.5 Å². The molecule has 20 heavy (non-hydrogen) atoms. The van der Waals surface area contributed by atoms with E-state index in [1.165, 1.54) is 12.1 Å². The quantitative estimate of drug-likeness (QED) is 0.843. The first-order valence-corrected chi connectivity index (χ1v) is 6.66. The van der Waals surface area contributed by atoms with Crippen molar-refractivity contribution in [3.63, 3.8) is 0 Å². The van der Waals surface area contributed by atoms with E-state index in [4.69, 9.17) is 5.73 Å². The largest absolute Gasteiger partial charge is 0.393 e. The van der Waals surface area contributed by atoms with Crippen molar-refractivity contribution in [2.75, 3.05) is 18.0 Å². The molecule has 0 aliphatic carbocycles. The molecule has 0 amide bonds. The van der Waals surface area contributed by atoms with Gasteiger partial charge < -0.3 is 10.6 Å². The number of nitrogens with zero attached hydrogens (tertiary/aromatic N) is 1. The molecule has 0 aromatic heterocycles. The molecule has 1 heterocycles. The number of halogens is 4. The summed E-state index contributed by atoms with van der Waals surface area (Å²) in [6.07, 6.45) is -3.64. The molecule has 2 atom stereocenters. The van der Waals surface area contributed by atoms with E-state index in [2.05, 4.69) is 0 Å². The highest BCUT2D eigenvalue weighted by Crippen LogP contribution is 2.37. The van der Waals surface area contributed by atoms with Gasteiger partial charge in [-0.1, -0.05) is 6.07 Å². The minimum Gasteiger partial charge on any atom is -0.371 e. The molecule has 0 bridgehead atoms. The van der Waals surface area contributed by atoms with E-state index in [1.54, 1.807) is 17.9 Å². The highest BCUT2D eigenvalue weighted by molar-refractivity contribution is 5.55. The van der Waals surface area contributed by atoms with Gasteiger partial charge in [-0.3, -0.25) is 0 Å². The molecular weight excluding hydrogens is 272 g/mol. The maximum absolute atomic E-state index is 13.9. The van der Waals surface area contributed by atoms with Crippen LogP contribution in [0, 0.1) is 11.7 Å². The van der Waals surface area contributed by atoms with Crippen LogP contribution in [0.15, 0.2) is 18.2 Å². The Morgan fingerprint density at radius 3 is 2.65 bits per heavy atom. The molecule has 1 aromatic rings. The summed E-state index contributed by atoms with van der Waals surface area (Å²) in [4.78, 5) is 1.60. The van der Waals surface area contributed by atoms with E-state index in [0.717, 1.165) is 0 Å². The second-order valence-electron chi connectivity index (χ2n) is 5.29. The summed E-state index contributed by atoms with van der Waals surface area (Å²) in [6.45, 7) is 2.00. The van der Waals surface area contributed by atoms with Gasteiger partial charge in [-0.05, 0) is 31.9 Å². The summed E-state index contributed by atoms with van der Waals surface area (Å²) in [6, 6.07) is 3.87. The SMILES string of the molecule is CC(N)c1c(F)cccc1N1CCCC(C(F)(F)F)C1. The summed E-state index contributed by atoms with van der Waals surface area (Å²) in [5.74, 6) is -1.83. The van der Waals surface area contributed by atoms with Crippen LogP contribution in [0.3, 0.4) is 0 Å². The van der Waals surface area contributed by atoms with E-state index in [9.17, 15) is 17.6 Å². The Kier molecular flexibility index (Phi) is 4.22. The third-order valence-electron chi connectivity index (χ3n) is 3.71. The lowest BCUT2D eigenvalue weighted by Crippen LogP contribution is -2.42. The normalized spacial score (nSPS) is 21.9. The topological polar surface area (TPSA) is 29.3 Å². The van der Waals surface area contributed by atoms with Crippen LogP contribution in [0.25, 0.3) is 0 Å². The maximum Gasteiger partial charge on any atom is 0.393 e. The van der Waals surface area contributed by atoms with Crippen molar-refractivity contribution < 1.29 is 17.6 Å². The van der Waals surface area contributed by atoms with Crippen molar-refractivity contribution in [2.24, 2.45) is 11.7 Å². The second-order valence-corrected chi connectivity index (χ2v) is 5.29. The molecular formula is C14H18F4N2. The Labute approximate surface area is 115 Å². The van der Waals surface area contributed by atoms with Crippen LogP contribution < -0.4 is 10.6 Å². The molecule has 2 nitrogen and oxygen atoms in total. The molecule has 1 aliphatic rings. The lowest BCUT2D eigenvalue weighted by atomic mass is 9.95. The lowest BCUT2D eigenvalue weighted by molar-refractivity contribution is -0.176. The monoisotopic (exact) mass is 290 g/mol. The number of nitrogens with two attached hydrogens (primary N) is 1. The Hall–Kier alpha value is -1.30. The van der Waals surface area contributed by atoms with Gasteiger partial charge in [0.25, 0.3) is 0 Å². The average Bonchev–Trinajstić information content (AvgIpc) is 2.37. The fourth-order valence-corrected chi connectivity index (χ4v) is 2.72. The van der Waals surface area contributed by atoms with Crippen molar-refractivity contribution >= 4 is 5.69 Å². The van der Waals surface area contributed by atoms with E-state index < -0.39 is 24.0 Å². The smallest absolute Gasteiger partial charge is 0.371 e. The molecule has 0 saturated carbocycles. The number of alkyl halides is 3. The van der Waals surface area contributed by atoms with Crippen molar-refractivity contribution in [3.05, 3.63) is 29.6 Å². The van der Waals surface area contributed by atoms with Gasteiger partial charge in [0, 0.05) is 30.4 Å². The van der Waals surface area contributed by atoms with Crippen molar-refractivity contribution in [2.45, 2.75) is 32.0 Å². The van der Waals surface area contributed by atoms with Gasteiger partial charge in [0.2, 0.25) is 0 Å². The standard InChI is InChI=1S/C14H18F4N2/c1-9(19)13-11(15)5-2-6-12(13)20-7-3-4-10(8-20)14(16,17)18/h2,5-6,9-10H,3-4,7-8,19H2,1H3. The summed E-state index contributed by atoms with van der Waals surface area (Å²) in [5.41, 5.74) is 6.52. The average molecular weight is 290 g/mol. The molecule has 1 saturated heterocycles. The van der Waals surface area contributed by atoms with E-state index >= 15 is 0 Å². The molecule has 0 radical (unpaired) electrons. The first-order chi connectivity index (χ1) is 9.30. The van der Waals surface area contributed by atoms with Crippen molar-refractivity contribution in [1.82, 2.24) is 0 Å². The zero-order chi connectivity index (χ0) is 14.9.